The summed E-state index contributed by atoms with van der Waals surface area (Å²) in [5.41, 5.74) is 0.631. The number of hydrogen-bond donors (Lipinski definition) is 1. The van der Waals surface area contributed by atoms with Crippen LogP contribution < -0.4 is 5.56 Å². The van der Waals surface area contributed by atoms with Gasteiger partial charge in [-0.15, -0.1) is 10.2 Å². The van der Waals surface area contributed by atoms with Gasteiger partial charge in [0.1, 0.15) is 11.6 Å². The minimum atomic E-state index is -0.0945. The number of aromatic nitrogens is 5. The van der Waals surface area contributed by atoms with Crippen molar-refractivity contribution in [1.82, 2.24) is 24.7 Å². The summed E-state index contributed by atoms with van der Waals surface area (Å²) in [6.45, 7) is 4.07. The second-order valence-electron chi connectivity index (χ2n) is 6.92. The third kappa shape index (κ3) is 3.28. The summed E-state index contributed by atoms with van der Waals surface area (Å²) < 4.78 is 2.28. The SMILES string of the molecule is Cc1nnc(S[C@H](C)c2nc3ccccc3c(=O)[nH]2)n1C1CCCCC1. The first-order valence-electron chi connectivity index (χ1n) is 9.20. The van der Waals surface area contributed by atoms with Gasteiger partial charge < -0.3 is 9.55 Å². The molecule has 1 fully saturated rings. The molecule has 6 nitrogen and oxygen atoms in total. The maximum Gasteiger partial charge on any atom is 0.258 e. The van der Waals surface area contributed by atoms with E-state index in [1.54, 1.807) is 17.8 Å². The molecule has 7 heteroatoms. The van der Waals surface area contributed by atoms with Gasteiger partial charge in [0.2, 0.25) is 0 Å². The van der Waals surface area contributed by atoms with E-state index in [0.717, 1.165) is 16.5 Å². The van der Waals surface area contributed by atoms with E-state index in [2.05, 4.69) is 24.7 Å². The van der Waals surface area contributed by atoms with Crippen LogP contribution in [-0.2, 0) is 0 Å². The van der Waals surface area contributed by atoms with E-state index in [-0.39, 0.29) is 10.8 Å². The average Bonchev–Trinajstić information content (AvgIpc) is 3.02. The van der Waals surface area contributed by atoms with Crippen molar-refractivity contribution in [2.24, 2.45) is 0 Å². The molecule has 0 bridgehead atoms. The van der Waals surface area contributed by atoms with E-state index in [0.29, 0.717) is 17.3 Å². The van der Waals surface area contributed by atoms with Crippen LogP contribution in [0.15, 0.2) is 34.2 Å². The fraction of sp³-hybridized carbons (Fsp3) is 0.474. The summed E-state index contributed by atoms with van der Waals surface area (Å²) in [6.07, 6.45) is 6.22. The Bertz CT molecular complexity index is 973. The summed E-state index contributed by atoms with van der Waals surface area (Å²) >= 11 is 1.61. The Kier molecular flexibility index (Phi) is 4.80. The molecule has 4 rings (SSSR count). The Balaban J connectivity index is 1.63. The molecule has 136 valence electrons. The molecule has 3 aromatic rings. The highest BCUT2D eigenvalue weighted by molar-refractivity contribution is 7.99. The standard InChI is InChI=1S/C19H23N5OS/c1-12(17-20-16-11-7-6-10-15(16)18(25)21-17)26-19-23-22-13(2)24(19)14-8-4-3-5-9-14/h6-7,10-12,14H,3-5,8-9H2,1-2H3,(H,20,21,25)/t12-/m1/s1. The molecule has 1 saturated carbocycles. The normalized spacial score (nSPS) is 16.8. The topological polar surface area (TPSA) is 76.5 Å². The zero-order valence-electron chi connectivity index (χ0n) is 15.1. The van der Waals surface area contributed by atoms with E-state index in [1.165, 1.54) is 32.1 Å². The van der Waals surface area contributed by atoms with Gasteiger partial charge in [-0.25, -0.2) is 4.98 Å². The van der Waals surface area contributed by atoms with Crippen LogP contribution in [0.2, 0.25) is 0 Å². The van der Waals surface area contributed by atoms with Crippen LogP contribution in [-0.4, -0.2) is 24.7 Å². The second-order valence-corrected chi connectivity index (χ2v) is 8.23. The molecular formula is C19H23N5OS. The maximum atomic E-state index is 12.3. The first-order valence-corrected chi connectivity index (χ1v) is 10.1. The number of aryl methyl sites for hydroxylation is 1. The molecule has 0 aliphatic heterocycles. The monoisotopic (exact) mass is 369 g/mol. The molecule has 0 spiro atoms. The van der Waals surface area contributed by atoms with Crippen LogP contribution in [0.5, 0.6) is 0 Å². The van der Waals surface area contributed by atoms with Crippen LogP contribution in [0.3, 0.4) is 0 Å². The smallest absolute Gasteiger partial charge is 0.258 e. The Hall–Kier alpha value is -2.15. The molecule has 2 heterocycles. The minimum Gasteiger partial charge on any atom is -0.309 e. The van der Waals surface area contributed by atoms with E-state index in [4.69, 9.17) is 0 Å². The van der Waals surface area contributed by atoms with Crippen molar-refractivity contribution in [3.05, 3.63) is 46.3 Å². The fourth-order valence-electron chi connectivity index (χ4n) is 3.70. The summed E-state index contributed by atoms with van der Waals surface area (Å²) in [7, 11) is 0. The number of hydrogen-bond acceptors (Lipinski definition) is 5. The second kappa shape index (κ2) is 7.23. The number of H-pyrrole nitrogens is 1. The molecule has 1 N–H and O–H groups in total. The van der Waals surface area contributed by atoms with Crippen molar-refractivity contribution in [2.45, 2.75) is 62.4 Å². The van der Waals surface area contributed by atoms with E-state index in [1.807, 2.05) is 32.0 Å². The highest BCUT2D eigenvalue weighted by atomic mass is 32.2. The predicted molar refractivity (Wildman–Crippen MR) is 104 cm³/mol. The summed E-state index contributed by atoms with van der Waals surface area (Å²) in [4.78, 5) is 19.9. The van der Waals surface area contributed by atoms with Crippen molar-refractivity contribution in [1.29, 1.82) is 0 Å². The molecule has 1 aliphatic rings. The molecule has 0 unspecified atom stereocenters. The molecule has 2 aromatic heterocycles. The van der Waals surface area contributed by atoms with Crippen molar-refractivity contribution in [2.75, 3.05) is 0 Å². The van der Waals surface area contributed by atoms with Gasteiger partial charge in [0.05, 0.1) is 16.2 Å². The molecule has 1 aliphatic carbocycles. The van der Waals surface area contributed by atoms with Crippen LogP contribution >= 0.6 is 11.8 Å². The summed E-state index contributed by atoms with van der Waals surface area (Å²) in [5, 5.41) is 10.2. The van der Waals surface area contributed by atoms with Crippen LogP contribution in [0.4, 0.5) is 0 Å². The lowest BCUT2D eigenvalue weighted by Crippen LogP contribution is -2.16. The van der Waals surface area contributed by atoms with Crippen LogP contribution in [0.1, 0.15) is 62.0 Å². The van der Waals surface area contributed by atoms with Crippen molar-refractivity contribution >= 4 is 22.7 Å². The minimum absolute atomic E-state index is 0.0155. The number of nitrogens with zero attached hydrogens (tertiary/aromatic N) is 4. The number of thioether (sulfide) groups is 1. The van der Waals surface area contributed by atoms with Crippen molar-refractivity contribution in [3.63, 3.8) is 0 Å². The molecular weight excluding hydrogens is 346 g/mol. The number of benzene rings is 1. The predicted octanol–water partition coefficient (Wildman–Crippen LogP) is 4.18. The highest BCUT2D eigenvalue weighted by Gasteiger charge is 2.23. The number of para-hydroxylation sites is 1. The highest BCUT2D eigenvalue weighted by Crippen LogP contribution is 2.37. The van der Waals surface area contributed by atoms with Gasteiger partial charge in [-0.1, -0.05) is 43.2 Å². The largest absolute Gasteiger partial charge is 0.309 e. The van der Waals surface area contributed by atoms with Gasteiger partial charge in [0.25, 0.3) is 5.56 Å². The van der Waals surface area contributed by atoms with Gasteiger partial charge in [-0.05, 0) is 38.8 Å². The number of aromatic amines is 1. The van der Waals surface area contributed by atoms with E-state index >= 15 is 0 Å². The van der Waals surface area contributed by atoms with Gasteiger partial charge in [-0.3, -0.25) is 4.79 Å². The van der Waals surface area contributed by atoms with E-state index in [9.17, 15) is 4.79 Å². The zero-order valence-corrected chi connectivity index (χ0v) is 15.9. The lowest BCUT2D eigenvalue weighted by atomic mass is 9.95. The van der Waals surface area contributed by atoms with Gasteiger partial charge >= 0.3 is 0 Å². The van der Waals surface area contributed by atoms with Crippen LogP contribution in [0.25, 0.3) is 10.9 Å². The third-order valence-electron chi connectivity index (χ3n) is 5.07. The lowest BCUT2D eigenvalue weighted by Gasteiger charge is -2.25. The molecule has 0 amide bonds. The Morgan fingerprint density at radius 3 is 2.77 bits per heavy atom. The first-order chi connectivity index (χ1) is 12.6. The van der Waals surface area contributed by atoms with Crippen LogP contribution in [0, 0.1) is 6.92 Å². The molecule has 0 saturated heterocycles. The average molecular weight is 369 g/mol. The Morgan fingerprint density at radius 2 is 1.96 bits per heavy atom. The quantitative estimate of drug-likeness (QED) is 0.698. The first kappa shape index (κ1) is 17.3. The molecule has 26 heavy (non-hydrogen) atoms. The Morgan fingerprint density at radius 1 is 1.19 bits per heavy atom. The van der Waals surface area contributed by atoms with Gasteiger partial charge in [0, 0.05) is 6.04 Å². The zero-order chi connectivity index (χ0) is 18.1. The van der Waals surface area contributed by atoms with Gasteiger partial charge in [0.15, 0.2) is 5.16 Å². The molecule has 1 aromatic carbocycles. The molecule has 0 radical (unpaired) electrons. The lowest BCUT2D eigenvalue weighted by molar-refractivity contribution is 0.332. The van der Waals surface area contributed by atoms with Gasteiger partial charge in [-0.2, -0.15) is 0 Å². The van der Waals surface area contributed by atoms with Crippen molar-refractivity contribution < 1.29 is 0 Å². The number of nitrogens with one attached hydrogen (secondary N) is 1. The summed E-state index contributed by atoms with van der Waals surface area (Å²) in [5.74, 6) is 1.64. The molecule has 1 atom stereocenters. The summed E-state index contributed by atoms with van der Waals surface area (Å²) in [6, 6.07) is 7.91. The van der Waals surface area contributed by atoms with Crippen molar-refractivity contribution in [3.8, 4) is 0 Å². The fourth-order valence-corrected chi connectivity index (χ4v) is 4.72. The number of rotatable bonds is 4. The maximum absolute atomic E-state index is 12.3. The Labute approximate surface area is 156 Å². The van der Waals surface area contributed by atoms with E-state index < -0.39 is 0 Å². The third-order valence-corrected chi connectivity index (χ3v) is 6.14. The number of fused-ring (bicyclic) bond motifs is 1.